The molecule has 1 saturated heterocycles. The number of methoxy groups -OCH3 is 1. The van der Waals surface area contributed by atoms with Crippen LogP contribution in [0.1, 0.15) is 18.4 Å². The molecule has 2 aliphatic heterocycles. The number of benzene rings is 1. The topological polar surface area (TPSA) is 83.1 Å². The zero-order valence-corrected chi connectivity index (χ0v) is 16.3. The van der Waals surface area contributed by atoms with E-state index in [4.69, 9.17) is 9.47 Å². The molecule has 0 spiro atoms. The maximum Gasteiger partial charge on any atom is 0.245 e. The number of carbonyl (C=O) groups is 2. The monoisotopic (exact) mass is 388 g/mol. The van der Waals surface area contributed by atoms with E-state index < -0.39 is 0 Å². The number of hydrogen-bond donors (Lipinski definition) is 2. The molecule has 0 aliphatic carbocycles. The van der Waals surface area contributed by atoms with E-state index in [0.717, 1.165) is 56.3 Å². The molecule has 152 valence electrons. The molecule has 3 rings (SSSR count). The lowest BCUT2D eigenvalue weighted by molar-refractivity contribution is -0.137. The van der Waals surface area contributed by atoms with E-state index in [2.05, 4.69) is 15.6 Å². The lowest BCUT2D eigenvalue weighted by Crippen LogP contribution is -2.49. The molecule has 1 aromatic rings. The van der Waals surface area contributed by atoms with Crippen molar-refractivity contribution in [2.45, 2.75) is 12.8 Å². The number of nitrogens with zero attached hydrogens (tertiary/aromatic N) is 2. The minimum atomic E-state index is -0.168. The second-order valence-electron chi connectivity index (χ2n) is 6.80. The molecule has 0 atom stereocenters. The van der Waals surface area contributed by atoms with Crippen molar-refractivity contribution < 1.29 is 19.1 Å². The SMILES string of the molecule is COc1ccc(C2=CCC(=O)N(CC(=O)NCCCN3CCOCC3)N2)cc1. The zero-order valence-electron chi connectivity index (χ0n) is 16.3. The molecule has 8 heteroatoms. The molecule has 2 heterocycles. The first-order valence-corrected chi connectivity index (χ1v) is 9.64. The van der Waals surface area contributed by atoms with Gasteiger partial charge in [-0.05, 0) is 48.9 Å². The maximum absolute atomic E-state index is 12.2. The largest absolute Gasteiger partial charge is 0.497 e. The quantitative estimate of drug-likeness (QED) is 0.635. The van der Waals surface area contributed by atoms with Crippen molar-refractivity contribution in [2.75, 3.05) is 53.0 Å². The minimum Gasteiger partial charge on any atom is -0.497 e. The normalized spacial score (nSPS) is 17.7. The minimum absolute atomic E-state index is 0.0100. The summed E-state index contributed by atoms with van der Waals surface area (Å²) in [6.07, 6.45) is 2.98. The summed E-state index contributed by atoms with van der Waals surface area (Å²) >= 11 is 0. The first kappa shape index (κ1) is 20.2. The third-order valence-electron chi connectivity index (χ3n) is 4.82. The molecule has 1 aromatic carbocycles. The molecule has 2 N–H and O–H groups in total. The molecule has 2 aliphatic rings. The highest BCUT2D eigenvalue weighted by atomic mass is 16.5. The highest BCUT2D eigenvalue weighted by molar-refractivity contribution is 5.88. The van der Waals surface area contributed by atoms with Crippen molar-refractivity contribution in [1.82, 2.24) is 20.7 Å². The van der Waals surface area contributed by atoms with E-state index in [1.54, 1.807) is 7.11 Å². The summed E-state index contributed by atoms with van der Waals surface area (Å²) in [4.78, 5) is 26.7. The van der Waals surface area contributed by atoms with Crippen molar-refractivity contribution in [2.24, 2.45) is 0 Å². The number of hydrogen-bond acceptors (Lipinski definition) is 6. The number of hydrazine groups is 1. The van der Waals surface area contributed by atoms with Crippen molar-refractivity contribution >= 4 is 17.5 Å². The Labute approximate surface area is 165 Å². The van der Waals surface area contributed by atoms with Crippen LogP contribution in [0.4, 0.5) is 0 Å². The molecule has 8 nitrogen and oxygen atoms in total. The predicted molar refractivity (Wildman–Crippen MR) is 105 cm³/mol. The Kier molecular flexibility index (Phi) is 7.27. The molecule has 0 saturated carbocycles. The number of nitrogens with one attached hydrogen (secondary N) is 2. The van der Waals surface area contributed by atoms with Gasteiger partial charge in [0.1, 0.15) is 12.3 Å². The number of ether oxygens (including phenoxy) is 2. The molecule has 0 unspecified atom stereocenters. The van der Waals surface area contributed by atoms with Crippen LogP contribution in [0.3, 0.4) is 0 Å². The van der Waals surface area contributed by atoms with Gasteiger partial charge in [-0.2, -0.15) is 0 Å². The summed E-state index contributed by atoms with van der Waals surface area (Å²) in [5.41, 5.74) is 4.79. The first-order valence-electron chi connectivity index (χ1n) is 9.64. The first-order chi connectivity index (χ1) is 13.7. The van der Waals surface area contributed by atoms with Crippen LogP contribution < -0.4 is 15.5 Å². The maximum atomic E-state index is 12.2. The lowest BCUT2D eigenvalue weighted by Gasteiger charge is -2.29. The Hall–Kier alpha value is -2.58. The van der Waals surface area contributed by atoms with Gasteiger partial charge in [-0.15, -0.1) is 0 Å². The highest BCUT2D eigenvalue weighted by Gasteiger charge is 2.22. The fourth-order valence-electron chi connectivity index (χ4n) is 3.19. The van der Waals surface area contributed by atoms with Gasteiger partial charge in [0.15, 0.2) is 0 Å². The van der Waals surface area contributed by atoms with Crippen molar-refractivity contribution in [3.8, 4) is 5.75 Å². The van der Waals surface area contributed by atoms with Crippen LogP contribution in [0, 0.1) is 0 Å². The fraction of sp³-hybridized carbons (Fsp3) is 0.500. The third-order valence-corrected chi connectivity index (χ3v) is 4.82. The van der Waals surface area contributed by atoms with Gasteiger partial charge < -0.3 is 14.8 Å². The molecule has 1 fully saturated rings. The van der Waals surface area contributed by atoms with Gasteiger partial charge in [-0.25, -0.2) is 5.01 Å². The summed E-state index contributed by atoms with van der Waals surface area (Å²) in [5.74, 6) is 0.476. The van der Waals surface area contributed by atoms with E-state index in [1.807, 2.05) is 30.3 Å². The number of amides is 2. The Morgan fingerprint density at radius 2 is 2.00 bits per heavy atom. The second kappa shape index (κ2) is 10.1. The fourth-order valence-corrected chi connectivity index (χ4v) is 3.19. The standard InChI is InChI=1S/C20H28N4O4/c1-27-17-5-3-16(4-6-17)18-7-8-20(26)24(22-18)15-19(25)21-9-2-10-23-11-13-28-14-12-23/h3-7,22H,2,8-15H2,1H3,(H,21,25). The lowest BCUT2D eigenvalue weighted by atomic mass is 10.1. The van der Waals surface area contributed by atoms with Gasteiger partial charge in [0.05, 0.1) is 26.0 Å². The Morgan fingerprint density at radius 3 is 2.71 bits per heavy atom. The van der Waals surface area contributed by atoms with E-state index in [0.29, 0.717) is 6.54 Å². The van der Waals surface area contributed by atoms with Crippen LogP contribution in [0.25, 0.3) is 5.70 Å². The average molecular weight is 388 g/mol. The molecule has 2 amide bonds. The molecule has 0 radical (unpaired) electrons. The van der Waals surface area contributed by atoms with E-state index in [1.165, 1.54) is 5.01 Å². The van der Waals surface area contributed by atoms with Crippen LogP contribution in [0.5, 0.6) is 5.75 Å². The van der Waals surface area contributed by atoms with Crippen LogP contribution in [0.2, 0.25) is 0 Å². The van der Waals surface area contributed by atoms with Crippen LogP contribution >= 0.6 is 0 Å². The van der Waals surface area contributed by atoms with Gasteiger partial charge in [0, 0.05) is 26.1 Å². The number of morpholine rings is 1. The second-order valence-corrected chi connectivity index (χ2v) is 6.80. The van der Waals surface area contributed by atoms with Gasteiger partial charge in [-0.3, -0.25) is 19.9 Å². The smallest absolute Gasteiger partial charge is 0.245 e. The van der Waals surface area contributed by atoms with E-state index >= 15 is 0 Å². The Bertz CT molecular complexity index is 699. The number of rotatable bonds is 8. The van der Waals surface area contributed by atoms with Gasteiger partial charge in [0.25, 0.3) is 0 Å². The Morgan fingerprint density at radius 1 is 1.25 bits per heavy atom. The molecular formula is C20H28N4O4. The van der Waals surface area contributed by atoms with E-state index in [-0.39, 0.29) is 24.8 Å². The van der Waals surface area contributed by atoms with Gasteiger partial charge in [0.2, 0.25) is 11.8 Å². The molecule has 0 aromatic heterocycles. The van der Waals surface area contributed by atoms with Gasteiger partial charge >= 0.3 is 0 Å². The highest BCUT2D eigenvalue weighted by Crippen LogP contribution is 2.20. The van der Waals surface area contributed by atoms with Crippen molar-refractivity contribution in [3.63, 3.8) is 0 Å². The predicted octanol–water partition coefficient (Wildman–Crippen LogP) is 0.612. The summed E-state index contributed by atoms with van der Waals surface area (Å²) in [6.45, 7) is 4.97. The van der Waals surface area contributed by atoms with Crippen LogP contribution in [-0.2, 0) is 14.3 Å². The molecular weight excluding hydrogens is 360 g/mol. The van der Waals surface area contributed by atoms with Crippen LogP contribution in [-0.4, -0.2) is 74.8 Å². The molecule has 0 bridgehead atoms. The van der Waals surface area contributed by atoms with Crippen molar-refractivity contribution in [1.29, 1.82) is 0 Å². The van der Waals surface area contributed by atoms with Crippen molar-refractivity contribution in [3.05, 3.63) is 35.9 Å². The zero-order chi connectivity index (χ0) is 19.8. The van der Waals surface area contributed by atoms with Gasteiger partial charge in [-0.1, -0.05) is 0 Å². The third kappa shape index (κ3) is 5.71. The summed E-state index contributed by atoms with van der Waals surface area (Å²) in [7, 11) is 1.62. The summed E-state index contributed by atoms with van der Waals surface area (Å²) < 4.78 is 10.5. The summed E-state index contributed by atoms with van der Waals surface area (Å²) in [6, 6.07) is 7.55. The average Bonchev–Trinajstić information content (AvgIpc) is 2.74. The summed E-state index contributed by atoms with van der Waals surface area (Å²) in [5, 5.41) is 4.26. The molecule has 28 heavy (non-hydrogen) atoms. The van der Waals surface area contributed by atoms with Crippen LogP contribution in [0.15, 0.2) is 30.3 Å². The van der Waals surface area contributed by atoms with E-state index in [9.17, 15) is 9.59 Å². The Balaban J connectivity index is 1.43. The number of carbonyl (C=O) groups excluding carboxylic acids is 2.